The van der Waals surface area contributed by atoms with Crippen molar-refractivity contribution in [1.82, 2.24) is 5.32 Å². The second-order valence-electron chi connectivity index (χ2n) is 5.43. The lowest BCUT2D eigenvalue weighted by Gasteiger charge is -2.44. The van der Waals surface area contributed by atoms with Crippen LogP contribution in [-0.2, 0) is 9.47 Å². The summed E-state index contributed by atoms with van der Waals surface area (Å²) in [7, 11) is 1.79. The predicted octanol–water partition coefficient (Wildman–Crippen LogP) is 3.13. The maximum Gasteiger partial charge on any atom is 0.0987 e. The van der Waals surface area contributed by atoms with Crippen LogP contribution in [0, 0.1) is 0 Å². The van der Waals surface area contributed by atoms with E-state index in [0.717, 1.165) is 13.0 Å². The molecule has 18 heavy (non-hydrogen) atoms. The van der Waals surface area contributed by atoms with Gasteiger partial charge < -0.3 is 14.8 Å². The molecule has 1 N–H and O–H groups in total. The van der Waals surface area contributed by atoms with Crippen molar-refractivity contribution in [3.05, 3.63) is 0 Å². The third-order valence-corrected chi connectivity index (χ3v) is 3.86. The van der Waals surface area contributed by atoms with Gasteiger partial charge in [0, 0.05) is 13.2 Å². The highest BCUT2D eigenvalue weighted by Crippen LogP contribution is 2.28. The van der Waals surface area contributed by atoms with Crippen molar-refractivity contribution in [2.24, 2.45) is 0 Å². The zero-order valence-electron chi connectivity index (χ0n) is 12.6. The van der Waals surface area contributed by atoms with Crippen LogP contribution in [0.1, 0.15) is 59.3 Å². The van der Waals surface area contributed by atoms with Crippen molar-refractivity contribution in [2.45, 2.75) is 83.6 Å². The zero-order chi connectivity index (χ0) is 13.4. The first-order valence-electron chi connectivity index (χ1n) is 7.64. The first-order chi connectivity index (χ1) is 8.72. The Labute approximate surface area is 113 Å². The molecule has 0 aromatic heterocycles. The van der Waals surface area contributed by atoms with Crippen LogP contribution in [0.2, 0.25) is 0 Å². The minimum Gasteiger partial charge on any atom is -0.377 e. The van der Waals surface area contributed by atoms with Gasteiger partial charge in [-0.3, -0.25) is 0 Å². The first-order valence-corrected chi connectivity index (χ1v) is 7.64. The molecule has 4 unspecified atom stereocenters. The highest BCUT2D eigenvalue weighted by molar-refractivity contribution is 4.97. The van der Waals surface area contributed by atoms with Gasteiger partial charge in [-0.25, -0.2) is 0 Å². The van der Waals surface area contributed by atoms with Gasteiger partial charge in [0.05, 0.1) is 18.3 Å². The van der Waals surface area contributed by atoms with E-state index in [1.807, 2.05) is 0 Å². The third-order valence-electron chi connectivity index (χ3n) is 3.86. The molecule has 1 rings (SSSR count). The Morgan fingerprint density at radius 1 is 1.22 bits per heavy atom. The zero-order valence-corrected chi connectivity index (χ0v) is 12.6. The summed E-state index contributed by atoms with van der Waals surface area (Å²) >= 11 is 0. The van der Waals surface area contributed by atoms with Gasteiger partial charge in [0.2, 0.25) is 0 Å². The molecule has 1 aliphatic carbocycles. The number of ether oxygens (including phenoxy) is 2. The van der Waals surface area contributed by atoms with E-state index in [2.05, 4.69) is 26.1 Å². The van der Waals surface area contributed by atoms with E-state index in [1.54, 1.807) is 7.11 Å². The second kappa shape index (κ2) is 8.89. The maximum atomic E-state index is 6.08. The molecule has 0 spiro atoms. The number of methoxy groups -OCH3 is 1. The molecule has 1 aliphatic rings. The van der Waals surface area contributed by atoms with Crippen molar-refractivity contribution in [2.75, 3.05) is 13.7 Å². The molecule has 4 atom stereocenters. The summed E-state index contributed by atoms with van der Waals surface area (Å²) in [6.45, 7) is 7.58. The largest absolute Gasteiger partial charge is 0.377 e. The standard InChI is InChI=1S/C15H31NO2/c1-5-7-8-9-10-12(3)18-14-11-13(16-6-2)15(14)17-4/h12-16H,5-11H2,1-4H3. The molecule has 1 saturated carbocycles. The van der Waals surface area contributed by atoms with Crippen molar-refractivity contribution in [3.63, 3.8) is 0 Å². The highest BCUT2D eigenvalue weighted by atomic mass is 16.5. The Balaban J connectivity index is 2.14. The molecule has 0 aromatic carbocycles. The molecule has 3 nitrogen and oxygen atoms in total. The number of hydrogen-bond acceptors (Lipinski definition) is 3. The summed E-state index contributed by atoms with van der Waals surface area (Å²) in [4.78, 5) is 0. The van der Waals surface area contributed by atoms with Crippen molar-refractivity contribution >= 4 is 0 Å². The Morgan fingerprint density at radius 3 is 2.61 bits per heavy atom. The van der Waals surface area contributed by atoms with Crippen molar-refractivity contribution in [1.29, 1.82) is 0 Å². The third kappa shape index (κ3) is 4.87. The van der Waals surface area contributed by atoms with Gasteiger partial charge in [0.25, 0.3) is 0 Å². The van der Waals surface area contributed by atoms with Gasteiger partial charge in [0.15, 0.2) is 0 Å². The number of nitrogens with one attached hydrogen (secondary N) is 1. The van der Waals surface area contributed by atoms with E-state index in [1.165, 1.54) is 32.1 Å². The fraction of sp³-hybridized carbons (Fsp3) is 1.00. The molecular formula is C15H31NO2. The van der Waals surface area contributed by atoms with Crippen LogP contribution in [0.5, 0.6) is 0 Å². The van der Waals surface area contributed by atoms with Crippen LogP contribution < -0.4 is 5.32 Å². The maximum absolute atomic E-state index is 6.08. The lowest BCUT2D eigenvalue weighted by molar-refractivity contribution is -0.154. The highest BCUT2D eigenvalue weighted by Gasteiger charge is 2.42. The molecule has 0 aliphatic heterocycles. The summed E-state index contributed by atoms with van der Waals surface area (Å²) in [6, 6.07) is 0.484. The van der Waals surface area contributed by atoms with E-state index < -0.39 is 0 Å². The Morgan fingerprint density at radius 2 is 2.00 bits per heavy atom. The predicted molar refractivity (Wildman–Crippen MR) is 76.0 cm³/mol. The molecule has 0 heterocycles. The fourth-order valence-corrected chi connectivity index (χ4v) is 2.72. The SMILES string of the molecule is CCCCCCC(C)OC1CC(NCC)C1OC. The number of likely N-dealkylation sites (N-methyl/N-ethyl adjacent to an activating group) is 1. The number of unbranched alkanes of at least 4 members (excludes halogenated alkanes) is 3. The molecule has 0 amide bonds. The van der Waals surface area contributed by atoms with Crippen LogP contribution in [-0.4, -0.2) is 38.0 Å². The van der Waals surface area contributed by atoms with Crippen LogP contribution in [0.15, 0.2) is 0 Å². The summed E-state index contributed by atoms with van der Waals surface area (Å²) in [5, 5.41) is 3.44. The van der Waals surface area contributed by atoms with Crippen LogP contribution in [0.3, 0.4) is 0 Å². The lowest BCUT2D eigenvalue weighted by Crippen LogP contribution is -2.60. The van der Waals surface area contributed by atoms with Crippen LogP contribution in [0.4, 0.5) is 0 Å². The van der Waals surface area contributed by atoms with Gasteiger partial charge in [-0.2, -0.15) is 0 Å². The van der Waals surface area contributed by atoms with Gasteiger partial charge in [-0.1, -0.05) is 39.5 Å². The quantitative estimate of drug-likeness (QED) is 0.610. The number of hydrogen-bond donors (Lipinski definition) is 1. The molecule has 0 saturated heterocycles. The topological polar surface area (TPSA) is 30.5 Å². The van der Waals surface area contributed by atoms with Crippen LogP contribution in [0.25, 0.3) is 0 Å². The minimum atomic E-state index is 0.239. The minimum absolute atomic E-state index is 0.239. The molecule has 0 radical (unpaired) electrons. The van der Waals surface area contributed by atoms with Gasteiger partial charge in [-0.05, 0) is 26.3 Å². The van der Waals surface area contributed by atoms with Gasteiger partial charge in [-0.15, -0.1) is 0 Å². The summed E-state index contributed by atoms with van der Waals surface area (Å²) in [5.41, 5.74) is 0. The van der Waals surface area contributed by atoms with E-state index in [9.17, 15) is 0 Å². The molecule has 0 bridgehead atoms. The fourth-order valence-electron chi connectivity index (χ4n) is 2.72. The average molecular weight is 257 g/mol. The van der Waals surface area contributed by atoms with Crippen molar-refractivity contribution in [3.8, 4) is 0 Å². The Kier molecular flexibility index (Phi) is 7.87. The average Bonchev–Trinajstić information content (AvgIpc) is 2.34. The van der Waals surface area contributed by atoms with E-state index in [4.69, 9.17) is 9.47 Å². The van der Waals surface area contributed by atoms with Gasteiger partial charge >= 0.3 is 0 Å². The molecule has 0 aromatic rings. The summed E-state index contributed by atoms with van der Waals surface area (Å²) < 4.78 is 11.6. The Bertz CT molecular complexity index is 211. The van der Waals surface area contributed by atoms with E-state index in [0.29, 0.717) is 18.2 Å². The summed E-state index contributed by atoms with van der Waals surface area (Å²) in [6.07, 6.45) is 8.44. The molecule has 3 heteroatoms. The first kappa shape index (κ1) is 15.9. The smallest absolute Gasteiger partial charge is 0.0987 e. The lowest BCUT2D eigenvalue weighted by atomic mass is 9.85. The van der Waals surface area contributed by atoms with E-state index >= 15 is 0 Å². The van der Waals surface area contributed by atoms with Gasteiger partial charge in [0.1, 0.15) is 0 Å². The second-order valence-corrected chi connectivity index (χ2v) is 5.43. The van der Waals surface area contributed by atoms with Crippen molar-refractivity contribution < 1.29 is 9.47 Å². The monoisotopic (exact) mass is 257 g/mol. The number of rotatable bonds is 10. The normalized spacial score (nSPS) is 29.0. The molecular weight excluding hydrogens is 226 g/mol. The van der Waals surface area contributed by atoms with E-state index in [-0.39, 0.29) is 6.10 Å². The molecule has 108 valence electrons. The Hall–Kier alpha value is -0.120. The van der Waals surface area contributed by atoms with Crippen LogP contribution >= 0.6 is 0 Å². The summed E-state index contributed by atoms with van der Waals surface area (Å²) in [5.74, 6) is 0. The molecule has 1 fully saturated rings.